The minimum atomic E-state index is -0.287. The van der Waals surface area contributed by atoms with E-state index in [4.69, 9.17) is 10.5 Å². The predicted octanol–water partition coefficient (Wildman–Crippen LogP) is 5.65. The molecule has 0 amide bonds. The molecule has 0 spiro atoms. The van der Waals surface area contributed by atoms with Gasteiger partial charge in [0.2, 0.25) is 0 Å². The molecule has 0 aliphatic carbocycles. The lowest BCUT2D eigenvalue weighted by molar-refractivity contribution is -0.113. The number of hydrogen-bond donors (Lipinski definition) is 1. The Hall–Kier alpha value is -4.19. The van der Waals surface area contributed by atoms with E-state index in [1.165, 1.54) is 14.0 Å². The third kappa shape index (κ3) is 9.68. The first kappa shape index (κ1) is 28.8. The third-order valence-corrected chi connectivity index (χ3v) is 4.75. The van der Waals surface area contributed by atoms with Crippen LogP contribution in [0.3, 0.4) is 0 Å². The summed E-state index contributed by atoms with van der Waals surface area (Å²) in [5.41, 5.74) is 10.2. The molecule has 0 radical (unpaired) electrons. The summed E-state index contributed by atoms with van der Waals surface area (Å²) >= 11 is 0. The Balaban J connectivity index is 0.000000462. The van der Waals surface area contributed by atoms with Crippen molar-refractivity contribution in [3.05, 3.63) is 113 Å². The second-order valence-electron chi connectivity index (χ2n) is 7.31. The number of ether oxygens (including phenoxy) is 2. The second-order valence-corrected chi connectivity index (χ2v) is 7.31. The maximum Gasteiger partial charge on any atom is 0.337 e. The average Bonchev–Trinajstić information content (AvgIpc) is 2.86. The first-order chi connectivity index (χ1) is 16.8. The summed E-state index contributed by atoms with van der Waals surface area (Å²) in [7, 11) is 4.63. The fourth-order valence-corrected chi connectivity index (χ4v) is 2.93. The van der Waals surface area contributed by atoms with Crippen LogP contribution in [0.4, 0.5) is 5.69 Å². The van der Waals surface area contributed by atoms with Crippen molar-refractivity contribution in [3.8, 4) is 0 Å². The number of methoxy groups -OCH3 is 2. The molecule has 184 valence electrons. The van der Waals surface area contributed by atoms with Gasteiger partial charge in [0.15, 0.2) is 5.78 Å². The smallest absolute Gasteiger partial charge is 0.337 e. The number of benzene rings is 2. The first-order valence-corrected chi connectivity index (χ1v) is 11.0. The largest absolute Gasteiger partial charge is 0.497 e. The molecule has 2 aromatic rings. The number of esters is 1. The summed E-state index contributed by atoms with van der Waals surface area (Å²) in [5, 5.41) is 0. The van der Waals surface area contributed by atoms with E-state index in [2.05, 4.69) is 9.73 Å². The zero-order valence-electron chi connectivity index (χ0n) is 21.2. The van der Waals surface area contributed by atoms with Gasteiger partial charge in [-0.2, -0.15) is 0 Å². The second kappa shape index (κ2) is 15.6. The summed E-state index contributed by atoms with van der Waals surface area (Å²) < 4.78 is 9.73. The molecule has 0 fully saturated rings. The van der Waals surface area contributed by atoms with E-state index in [0.29, 0.717) is 22.5 Å². The summed E-state index contributed by atoms with van der Waals surface area (Å²) in [6.45, 7) is 5.40. The van der Waals surface area contributed by atoms with Crippen molar-refractivity contribution in [3.63, 3.8) is 0 Å². The van der Waals surface area contributed by atoms with Gasteiger partial charge in [0, 0.05) is 23.9 Å². The highest BCUT2D eigenvalue weighted by molar-refractivity contribution is 6.29. The lowest BCUT2D eigenvalue weighted by atomic mass is 9.97. The van der Waals surface area contributed by atoms with Crippen molar-refractivity contribution in [1.82, 2.24) is 0 Å². The monoisotopic (exact) mass is 474 g/mol. The molecule has 35 heavy (non-hydrogen) atoms. The highest BCUT2D eigenvalue weighted by Crippen LogP contribution is 2.17. The Bertz CT molecular complexity index is 1140. The fourth-order valence-electron chi connectivity index (χ4n) is 2.93. The van der Waals surface area contributed by atoms with Gasteiger partial charge in [0.1, 0.15) is 5.76 Å². The van der Waals surface area contributed by atoms with Crippen molar-refractivity contribution < 1.29 is 19.1 Å². The number of para-hydroxylation sites is 1. The van der Waals surface area contributed by atoms with Gasteiger partial charge in [0.05, 0.1) is 25.5 Å². The molecule has 6 heteroatoms. The van der Waals surface area contributed by atoms with E-state index in [1.807, 2.05) is 68.5 Å². The number of carbonyl (C=O) groups is 2. The number of rotatable bonds is 8. The van der Waals surface area contributed by atoms with E-state index in [1.54, 1.807) is 44.5 Å². The number of hydrogen-bond acceptors (Lipinski definition) is 6. The highest BCUT2D eigenvalue weighted by atomic mass is 16.5. The number of anilines is 1. The normalized spacial score (nSPS) is 12.3. The first-order valence-electron chi connectivity index (χ1n) is 11.0. The van der Waals surface area contributed by atoms with Gasteiger partial charge in [-0.05, 0) is 57.2 Å². The van der Waals surface area contributed by atoms with E-state index in [-0.39, 0.29) is 11.8 Å². The molecule has 2 rings (SSSR count). The van der Waals surface area contributed by atoms with Crippen molar-refractivity contribution >= 4 is 23.2 Å². The van der Waals surface area contributed by atoms with Crippen LogP contribution in [-0.2, 0) is 14.3 Å². The van der Waals surface area contributed by atoms with Gasteiger partial charge in [-0.25, -0.2) is 4.79 Å². The van der Waals surface area contributed by atoms with Crippen LogP contribution in [0.2, 0.25) is 0 Å². The van der Waals surface area contributed by atoms with E-state index >= 15 is 0 Å². The standard InChI is InChI=1S/C20H24N2O2.C9H10O2/c1-5-10-16(24-4)11-6-7-12-17(15(2)23)20(22-3)18-13-8-9-14-19(18)21;1-7-3-5-8(6-4-7)9(10)11-2/h5-14H,21H2,1-4H3;3-6H,1-2H3/b7-6+,10-5-,16-11+,17-12+,22-20?;. The minimum Gasteiger partial charge on any atom is -0.497 e. The lowest BCUT2D eigenvalue weighted by Crippen LogP contribution is -2.13. The van der Waals surface area contributed by atoms with Gasteiger partial charge < -0.3 is 15.2 Å². The zero-order chi connectivity index (χ0) is 26.2. The number of nitrogens with two attached hydrogens (primary N) is 1. The third-order valence-electron chi connectivity index (χ3n) is 4.75. The molecule has 2 aromatic carbocycles. The average molecular weight is 475 g/mol. The predicted molar refractivity (Wildman–Crippen MR) is 144 cm³/mol. The molecule has 0 aliphatic rings. The molecule has 0 aromatic heterocycles. The molecule has 6 nitrogen and oxygen atoms in total. The van der Waals surface area contributed by atoms with Crippen LogP contribution >= 0.6 is 0 Å². The van der Waals surface area contributed by atoms with Crippen molar-refractivity contribution in [2.75, 3.05) is 27.0 Å². The topological polar surface area (TPSA) is 91.0 Å². The number of aryl methyl sites for hydroxylation is 1. The Kier molecular flexibility index (Phi) is 12.9. The molecule has 0 heterocycles. The molecule has 0 unspecified atom stereocenters. The van der Waals surface area contributed by atoms with Crippen molar-refractivity contribution in [2.24, 2.45) is 4.99 Å². The van der Waals surface area contributed by atoms with Crippen LogP contribution < -0.4 is 5.73 Å². The fraction of sp³-hybridized carbons (Fsp3) is 0.207. The SMILES string of the molecule is COC(=O)c1ccc(C)cc1.C\C=C/C(=C\C=C\C=C(/C(C)=O)C(=NC)c1ccccc1N)OC. The Labute approximate surface area is 208 Å². The van der Waals surface area contributed by atoms with Crippen LogP contribution in [0.5, 0.6) is 0 Å². The number of nitrogen functional groups attached to an aromatic ring is 1. The van der Waals surface area contributed by atoms with Gasteiger partial charge in [-0.1, -0.05) is 54.1 Å². The van der Waals surface area contributed by atoms with Crippen LogP contribution in [0.25, 0.3) is 0 Å². The van der Waals surface area contributed by atoms with Crippen LogP contribution in [-0.4, -0.2) is 38.7 Å². The zero-order valence-corrected chi connectivity index (χ0v) is 21.2. The van der Waals surface area contributed by atoms with Crippen molar-refractivity contribution in [1.29, 1.82) is 0 Å². The summed E-state index contributed by atoms with van der Waals surface area (Å²) in [6, 6.07) is 14.6. The van der Waals surface area contributed by atoms with E-state index in [0.717, 1.165) is 16.9 Å². The molecule has 0 atom stereocenters. The van der Waals surface area contributed by atoms with Crippen LogP contribution in [0.15, 0.2) is 101 Å². The van der Waals surface area contributed by atoms with Crippen LogP contribution in [0.1, 0.15) is 35.3 Å². The number of ketones is 1. The number of allylic oxidation sites excluding steroid dienone is 7. The summed E-state index contributed by atoms with van der Waals surface area (Å²) in [5.74, 6) is 0.362. The maximum atomic E-state index is 12.0. The Morgan fingerprint density at radius 2 is 1.57 bits per heavy atom. The maximum absolute atomic E-state index is 12.0. The van der Waals surface area contributed by atoms with Gasteiger partial charge >= 0.3 is 5.97 Å². The lowest BCUT2D eigenvalue weighted by Gasteiger charge is -2.10. The number of nitrogens with zero attached hydrogens (tertiary/aromatic N) is 1. The number of Topliss-reactive ketones (excluding diaryl/α,β-unsaturated/α-hetero) is 1. The quantitative estimate of drug-likeness (QED) is 0.133. The molecule has 2 N–H and O–H groups in total. The Morgan fingerprint density at radius 3 is 2.09 bits per heavy atom. The van der Waals surface area contributed by atoms with Gasteiger partial charge in [-0.15, -0.1) is 0 Å². The van der Waals surface area contributed by atoms with Crippen molar-refractivity contribution in [2.45, 2.75) is 20.8 Å². The summed E-state index contributed by atoms with van der Waals surface area (Å²) in [6.07, 6.45) is 10.9. The van der Waals surface area contributed by atoms with E-state index < -0.39 is 0 Å². The van der Waals surface area contributed by atoms with Gasteiger partial charge in [-0.3, -0.25) is 9.79 Å². The summed E-state index contributed by atoms with van der Waals surface area (Å²) in [4.78, 5) is 27.2. The molecular weight excluding hydrogens is 440 g/mol. The van der Waals surface area contributed by atoms with Crippen LogP contribution in [0, 0.1) is 6.92 Å². The molecule has 0 saturated carbocycles. The highest BCUT2D eigenvalue weighted by Gasteiger charge is 2.15. The van der Waals surface area contributed by atoms with Gasteiger partial charge in [0.25, 0.3) is 0 Å². The number of carbonyl (C=O) groups excluding carboxylic acids is 2. The molecule has 0 bridgehead atoms. The Morgan fingerprint density at radius 1 is 0.943 bits per heavy atom. The van der Waals surface area contributed by atoms with E-state index in [9.17, 15) is 9.59 Å². The minimum absolute atomic E-state index is 0.0760. The molecular formula is C29H34N2O4. The molecule has 0 saturated heterocycles. The molecule has 0 aliphatic heterocycles. The number of aliphatic imine (C=N–C) groups is 1.